The van der Waals surface area contributed by atoms with E-state index in [0.29, 0.717) is 18.7 Å². The number of aliphatic hydroxyl groups excluding tert-OH is 2. The van der Waals surface area contributed by atoms with Crippen LogP contribution in [0.5, 0.6) is 0 Å². The van der Waals surface area contributed by atoms with Crippen LogP contribution in [0.25, 0.3) is 11.0 Å². The van der Waals surface area contributed by atoms with Crippen molar-refractivity contribution in [2.24, 2.45) is 0 Å². The topological polar surface area (TPSA) is 78.6 Å². The van der Waals surface area contributed by atoms with Gasteiger partial charge in [0, 0.05) is 18.7 Å². The van der Waals surface area contributed by atoms with Crippen LogP contribution >= 0.6 is 0 Å². The first-order valence-corrected chi connectivity index (χ1v) is 8.28. The van der Waals surface area contributed by atoms with Crippen LogP contribution in [-0.4, -0.2) is 43.7 Å². The average Bonchev–Trinajstić information content (AvgIpc) is 3.03. The third-order valence-electron chi connectivity index (χ3n) is 4.66. The molecule has 0 radical (unpaired) electrons. The molecule has 2 aromatic carbocycles. The van der Waals surface area contributed by atoms with Crippen molar-refractivity contribution in [3.05, 3.63) is 65.5 Å². The molecule has 0 aliphatic carbocycles. The van der Waals surface area contributed by atoms with Gasteiger partial charge in [0.15, 0.2) is 0 Å². The predicted octanol–water partition coefficient (Wildman–Crippen LogP) is 1.72. The second-order valence-corrected chi connectivity index (χ2v) is 6.27. The normalized spacial score (nSPS) is 16.9. The van der Waals surface area contributed by atoms with E-state index < -0.39 is 6.10 Å². The molecule has 1 amide bonds. The molecule has 128 valence electrons. The lowest BCUT2D eigenvalue weighted by molar-refractivity contribution is 0.0550. The zero-order chi connectivity index (χ0) is 17.4. The van der Waals surface area contributed by atoms with E-state index in [2.05, 4.69) is 4.98 Å². The number of aromatic nitrogens is 2. The highest BCUT2D eigenvalue weighted by molar-refractivity contribution is 5.97. The molecule has 4 rings (SSSR count). The third kappa shape index (κ3) is 2.79. The standard InChI is InChI=1S/C19H19N3O3/c23-8-7-21-12-20-16-9-13(5-6-17(16)21)19(25)22-10-14-3-1-2-4-15(14)18(24)11-22/h1-6,9,12,18,23-24H,7-8,10-11H2/t18-/m0/s1. The highest BCUT2D eigenvalue weighted by Crippen LogP contribution is 2.27. The van der Waals surface area contributed by atoms with Gasteiger partial charge in [-0.25, -0.2) is 4.98 Å². The van der Waals surface area contributed by atoms with Crippen LogP contribution < -0.4 is 0 Å². The van der Waals surface area contributed by atoms with Crippen molar-refractivity contribution in [2.45, 2.75) is 19.2 Å². The second kappa shape index (κ2) is 6.31. The summed E-state index contributed by atoms with van der Waals surface area (Å²) in [6, 6.07) is 13.0. The molecule has 0 unspecified atom stereocenters. The molecule has 0 bridgehead atoms. The van der Waals surface area contributed by atoms with Crippen LogP contribution in [0.1, 0.15) is 27.6 Å². The highest BCUT2D eigenvalue weighted by atomic mass is 16.3. The second-order valence-electron chi connectivity index (χ2n) is 6.27. The Morgan fingerprint density at radius 1 is 1.24 bits per heavy atom. The molecule has 0 saturated heterocycles. The number of carbonyl (C=O) groups excluding carboxylic acids is 1. The van der Waals surface area contributed by atoms with Gasteiger partial charge in [-0.2, -0.15) is 0 Å². The minimum atomic E-state index is -0.665. The molecule has 2 N–H and O–H groups in total. The van der Waals surface area contributed by atoms with E-state index >= 15 is 0 Å². The number of carbonyl (C=O) groups is 1. The predicted molar refractivity (Wildman–Crippen MR) is 93.0 cm³/mol. The molecule has 1 aliphatic rings. The van der Waals surface area contributed by atoms with Crippen molar-refractivity contribution < 1.29 is 15.0 Å². The summed E-state index contributed by atoms with van der Waals surface area (Å²) in [5.74, 6) is -0.118. The summed E-state index contributed by atoms with van der Waals surface area (Å²) < 4.78 is 1.85. The van der Waals surface area contributed by atoms with E-state index in [1.807, 2.05) is 34.9 Å². The van der Waals surface area contributed by atoms with Crippen LogP contribution in [-0.2, 0) is 13.1 Å². The molecule has 0 fully saturated rings. The van der Waals surface area contributed by atoms with E-state index in [9.17, 15) is 9.90 Å². The van der Waals surface area contributed by atoms with Gasteiger partial charge in [-0.15, -0.1) is 0 Å². The Bertz CT molecular complexity index is 935. The fourth-order valence-electron chi connectivity index (χ4n) is 3.40. The Morgan fingerprint density at radius 3 is 2.92 bits per heavy atom. The minimum absolute atomic E-state index is 0.0389. The molecule has 1 aromatic heterocycles. The van der Waals surface area contributed by atoms with Gasteiger partial charge in [-0.3, -0.25) is 4.79 Å². The lowest BCUT2D eigenvalue weighted by Crippen LogP contribution is -2.38. The monoisotopic (exact) mass is 337 g/mol. The molecule has 0 saturated carbocycles. The van der Waals surface area contributed by atoms with Gasteiger partial charge in [0.1, 0.15) is 0 Å². The third-order valence-corrected chi connectivity index (χ3v) is 4.66. The number of fused-ring (bicyclic) bond motifs is 2. The summed E-state index contributed by atoms with van der Waals surface area (Å²) in [6.45, 7) is 1.28. The zero-order valence-corrected chi connectivity index (χ0v) is 13.7. The zero-order valence-electron chi connectivity index (χ0n) is 13.7. The summed E-state index contributed by atoms with van der Waals surface area (Å²) in [7, 11) is 0. The van der Waals surface area contributed by atoms with Gasteiger partial charge in [-0.1, -0.05) is 24.3 Å². The molecule has 3 aromatic rings. The summed E-state index contributed by atoms with van der Waals surface area (Å²) in [4.78, 5) is 18.8. The van der Waals surface area contributed by atoms with Crippen LogP contribution in [0.15, 0.2) is 48.8 Å². The molecule has 0 spiro atoms. The van der Waals surface area contributed by atoms with Crippen molar-refractivity contribution in [2.75, 3.05) is 13.2 Å². The molecular weight excluding hydrogens is 318 g/mol. The van der Waals surface area contributed by atoms with Crippen molar-refractivity contribution in [1.29, 1.82) is 0 Å². The van der Waals surface area contributed by atoms with Gasteiger partial charge in [-0.05, 0) is 29.3 Å². The molecule has 6 heteroatoms. The van der Waals surface area contributed by atoms with Gasteiger partial charge in [0.05, 0.1) is 36.6 Å². The quantitative estimate of drug-likeness (QED) is 0.763. The van der Waals surface area contributed by atoms with Crippen LogP contribution in [0.3, 0.4) is 0 Å². The summed E-state index contributed by atoms with van der Waals surface area (Å²) in [5.41, 5.74) is 4.02. The molecular formula is C19H19N3O3. The Hall–Kier alpha value is -2.70. The summed E-state index contributed by atoms with van der Waals surface area (Å²) >= 11 is 0. The van der Waals surface area contributed by atoms with Crippen molar-refractivity contribution in [3.63, 3.8) is 0 Å². The first kappa shape index (κ1) is 15.8. The maximum Gasteiger partial charge on any atom is 0.254 e. The van der Waals surface area contributed by atoms with Gasteiger partial charge < -0.3 is 19.7 Å². The first-order valence-electron chi connectivity index (χ1n) is 8.28. The van der Waals surface area contributed by atoms with Gasteiger partial charge in [0.2, 0.25) is 0 Å². The lowest BCUT2D eigenvalue weighted by Gasteiger charge is -2.32. The number of rotatable bonds is 3. The molecule has 6 nitrogen and oxygen atoms in total. The van der Waals surface area contributed by atoms with E-state index in [-0.39, 0.29) is 19.1 Å². The first-order chi connectivity index (χ1) is 12.2. The molecule has 1 aliphatic heterocycles. The Balaban J connectivity index is 1.62. The van der Waals surface area contributed by atoms with Crippen LogP contribution in [0.2, 0.25) is 0 Å². The largest absolute Gasteiger partial charge is 0.395 e. The maximum absolute atomic E-state index is 12.9. The lowest BCUT2D eigenvalue weighted by atomic mass is 9.97. The smallest absolute Gasteiger partial charge is 0.254 e. The number of benzene rings is 2. The van der Waals surface area contributed by atoms with Gasteiger partial charge >= 0.3 is 0 Å². The number of hydrogen-bond acceptors (Lipinski definition) is 4. The van der Waals surface area contributed by atoms with Crippen molar-refractivity contribution >= 4 is 16.9 Å². The Kier molecular flexibility index (Phi) is 3.99. The fraction of sp³-hybridized carbons (Fsp3) is 0.263. The SMILES string of the molecule is O=C(c1ccc2c(c1)ncn2CCO)N1Cc2ccccc2[C@@H](O)C1. The van der Waals surface area contributed by atoms with Crippen molar-refractivity contribution in [1.82, 2.24) is 14.5 Å². The number of imidazole rings is 1. The van der Waals surface area contributed by atoms with E-state index in [0.717, 1.165) is 22.2 Å². The van der Waals surface area contributed by atoms with Crippen LogP contribution in [0.4, 0.5) is 0 Å². The number of aliphatic hydroxyl groups is 2. The number of β-amino-alcohol motifs (C(OH)–C–C–N with tert-alkyl or cyclic N) is 1. The van der Waals surface area contributed by atoms with Gasteiger partial charge in [0.25, 0.3) is 5.91 Å². The molecule has 1 atom stereocenters. The highest BCUT2D eigenvalue weighted by Gasteiger charge is 2.27. The summed E-state index contributed by atoms with van der Waals surface area (Å²) in [6.07, 6.45) is 0.997. The minimum Gasteiger partial charge on any atom is -0.395 e. The Labute approximate surface area is 145 Å². The average molecular weight is 337 g/mol. The number of nitrogens with zero attached hydrogens (tertiary/aromatic N) is 3. The van der Waals surface area contributed by atoms with Crippen molar-refractivity contribution in [3.8, 4) is 0 Å². The van der Waals surface area contributed by atoms with E-state index in [4.69, 9.17) is 5.11 Å². The summed E-state index contributed by atoms with van der Waals surface area (Å²) in [5, 5.41) is 19.4. The van der Waals surface area contributed by atoms with Crippen LogP contribution in [0, 0.1) is 0 Å². The van der Waals surface area contributed by atoms with E-state index in [1.54, 1.807) is 23.4 Å². The van der Waals surface area contributed by atoms with E-state index in [1.165, 1.54) is 0 Å². The maximum atomic E-state index is 12.9. The number of hydrogen-bond donors (Lipinski definition) is 2. The fourth-order valence-corrected chi connectivity index (χ4v) is 3.40. The Morgan fingerprint density at radius 2 is 2.08 bits per heavy atom. The molecule has 2 heterocycles. The molecule has 25 heavy (non-hydrogen) atoms. The number of amides is 1.